The number of nitrogens with zero attached hydrogens (tertiary/aromatic N) is 2. The van der Waals surface area contributed by atoms with Crippen LogP contribution in [0.2, 0.25) is 10.0 Å². The van der Waals surface area contributed by atoms with Crippen LogP contribution in [-0.4, -0.2) is 15.9 Å². The van der Waals surface area contributed by atoms with Gasteiger partial charge < -0.3 is 0 Å². The number of anilines is 1. The standard InChI is InChI=1S/C25H14BrCl2N3OS/c26-16-5-1-14(2-6-16)22-12-20(19-11-18(28)9-10-21(19)29-22)24(32)31-25-30-23(13-33-25)15-3-7-17(27)8-4-15/h1-13H,(H,30,31,32). The van der Waals surface area contributed by atoms with Crippen molar-refractivity contribution in [1.29, 1.82) is 0 Å². The Morgan fingerprint density at radius 1 is 0.818 bits per heavy atom. The first kappa shape index (κ1) is 22.0. The summed E-state index contributed by atoms with van der Waals surface area (Å²) in [5.41, 5.74) is 4.46. The van der Waals surface area contributed by atoms with Crippen LogP contribution in [0, 0.1) is 0 Å². The highest BCUT2D eigenvalue weighted by atomic mass is 79.9. The van der Waals surface area contributed by atoms with E-state index < -0.39 is 0 Å². The molecule has 0 aliphatic rings. The first-order chi connectivity index (χ1) is 16.0. The maximum Gasteiger partial charge on any atom is 0.258 e. The maximum absolute atomic E-state index is 13.3. The minimum atomic E-state index is -0.278. The minimum absolute atomic E-state index is 0.278. The van der Waals surface area contributed by atoms with Crippen molar-refractivity contribution in [1.82, 2.24) is 9.97 Å². The van der Waals surface area contributed by atoms with E-state index in [1.54, 1.807) is 18.2 Å². The minimum Gasteiger partial charge on any atom is -0.298 e. The van der Waals surface area contributed by atoms with E-state index in [0.717, 1.165) is 21.3 Å². The topological polar surface area (TPSA) is 54.9 Å². The molecule has 0 atom stereocenters. The second-order valence-corrected chi connectivity index (χ2v) is 9.87. The molecule has 0 aliphatic heterocycles. The van der Waals surface area contributed by atoms with Crippen molar-refractivity contribution in [3.05, 3.63) is 98.3 Å². The smallest absolute Gasteiger partial charge is 0.258 e. The number of thiazole rings is 1. The number of amides is 1. The molecule has 0 aliphatic carbocycles. The summed E-state index contributed by atoms with van der Waals surface area (Å²) < 4.78 is 0.969. The highest BCUT2D eigenvalue weighted by molar-refractivity contribution is 9.10. The number of hydrogen-bond acceptors (Lipinski definition) is 4. The number of carbonyl (C=O) groups excluding carboxylic acids is 1. The third kappa shape index (κ3) is 4.80. The van der Waals surface area contributed by atoms with Crippen LogP contribution in [0.1, 0.15) is 10.4 Å². The van der Waals surface area contributed by atoms with Gasteiger partial charge in [-0.2, -0.15) is 0 Å². The van der Waals surface area contributed by atoms with E-state index in [-0.39, 0.29) is 5.91 Å². The summed E-state index contributed by atoms with van der Waals surface area (Å²) in [4.78, 5) is 22.6. The van der Waals surface area contributed by atoms with Gasteiger partial charge in [-0.25, -0.2) is 9.97 Å². The van der Waals surface area contributed by atoms with Gasteiger partial charge in [0.25, 0.3) is 5.91 Å². The van der Waals surface area contributed by atoms with Crippen molar-refractivity contribution in [2.75, 3.05) is 5.32 Å². The summed E-state index contributed by atoms with van der Waals surface area (Å²) in [6.45, 7) is 0. The lowest BCUT2D eigenvalue weighted by atomic mass is 10.0. The van der Waals surface area contributed by atoms with Gasteiger partial charge in [0.15, 0.2) is 5.13 Å². The number of pyridine rings is 1. The molecule has 0 bridgehead atoms. The van der Waals surface area contributed by atoms with Crippen LogP contribution in [0.15, 0.2) is 82.6 Å². The molecule has 2 heterocycles. The van der Waals surface area contributed by atoms with Gasteiger partial charge in [-0.3, -0.25) is 10.1 Å². The van der Waals surface area contributed by atoms with Gasteiger partial charge in [0.1, 0.15) is 0 Å². The van der Waals surface area contributed by atoms with Crippen LogP contribution in [-0.2, 0) is 0 Å². The summed E-state index contributed by atoms with van der Waals surface area (Å²) in [5, 5.41) is 7.19. The Bertz CT molecular complexity index is 1480. The van der Waals surface area contributed by atoms with Crippen LogP contribution in [0.5, 0.6) is 0 Å². The molecule has 0 saturated heterocycles. The van der Waals surface area contributed by atoms with Gasteiger partial charge in [0, 0.05) is 36.4 Å². The van der Waals surface area contributed by atoms with Gasteiger partial charge in [-0.05, 0) is 48.5 Å². The molecule has 1 amide bonds. The van der Waals surface area contributed by atoms with Crippen LogP contribution in [0.4, 0.5) is 5.13 Å². The zero-order chi connectivity index (χ0) is 22.9. The monoisotopic (exact) mass is 553 g/mol. The first-order valence-electron chi connectivity index (χ1n) is 9.85. The molecule has 5 rings (SSSR count). The van der Waals surface area contributed by atoms with Crippen LogP contribution < -0.4 is 5.32 Å². The van der Waals surface area contributed by atoms with Crippen LogP contribution >= 0.6 is 50.5 Å². The average molecular weight is 555 g/mol. The Balaban J connectivity index is 1.51. The number of fused-ring (bicyclic) bond motifs is 1. The number of halogens is 3. The lowest BCUT2D eigenvalue weighted by molar-refractivity contribution is 0.102. The Kier molecular flexibility index (Phi) is 6.17. The number of rotatable bonds is 4. The highest BCUT2D eigenvalue weighted by Gasteiger charge is 2.16. The number of nitrogens with one attached hydrogen (secondary N) is 1. The SMILES string of the molecule is O=C(Nc1nc(-c2ccc(Cl)cc2)cs1)c1cc(-c2ccc(Br)cc2)nc2ccc(Cl)cc12. The van der Waals surface area contributed by atoms with Crippen LogP contribution in [0.25, 0.3) is 33.4 Å². The van der Waals surface area contributed by atoms with Crippen molar-refractivity contribution in [3.8, 4) is 22.5 Å². The van der Waals surface area contributed by atoms with Gasteiger partial charge in [-0.1, -0.05) is 63.4 Å². The molecule has 3 aromatic carbocycles. The lowest BCUT2D eigenvalue weighted by Gasteiger charge is -2.10. The molecule has 4 nitrogen and oxygen atoms in total. The fourth-order valence-electron chi connectivity index (χ4n) is 3.40. The zero-order valence-corrected chi connectivity index (χ0v) is 20.8. The second kappa shape index (κ2) is 9.23. The fraction of sp³-hybridized carbons (Fsp3) is 0. The van der Waals surface area contributed by atoms with Gasteiger partial charge in [0.05, 0.1) is 22.5 Å². The number of hydrogen-bond donors (Lipinski definition) is 1. The Labute approximate surface area is 212 Å². The summed E-state index contributed by atoms with van der Waals surface area (Å²) in [5.74, 6) is -0.278. The molecular formula is C25H14BrCl2N3OS. The van der Waals surface area contributed by atoms with E-state index in [2.05, 4.69) is 26.2 Å². The number of benzene rings is 3. The van der Waals surface area contributed by atoms with E-state index in [4.69, 9.17) is 28.2 Å². The molecule has 162 valence electrons. The Hall–Kier alpha value is -2.77. The normalized spacial score (nSPS) is 11.0. The summed E-state index contributed by atoms with van der Waals surface area (Å²) in [7, 11) is 0. The lowest BCUT2D eigenvalue weighted by Crippen LogP contribution is -2.13. The number of aromatic nitrogens is 2. The zero-order valence-electron chi connectivity index (χ0n) is 16.9. The van der Waals surface area contributed by atoms with Crippen molar-refractivity contribution in [3.63, 3.8) is 0 Å². The summed E-state index contributed by atoms with van der Waals surface area (Å²) in [6.07, 6.45) is 0. The van der Waals surface area contributed by atoms with Crippen LogP contribution in [0.3, 0.4) is 0 Å². The summed E-state index contributed by atoms with van der Waals surface area (Å²) >= 11 is 17.0. The molecule has 0 fully saturated rings. The largest absolute Gasteiger partial charge is 0.298 e. The van der Waals surface area contributed by atoms with Crippen molar-refractivity contribution in [2.24, 2.45) is 0 Å². The first-order valence-corrected chi connectivity index (χ1v) is 12.3. The predicted molar refractivity (Wildman–Crippen MR) is 140 cm³/mol. The van der Waals surface area contributed by atoms with E-state index in [1.807, 2.05) is 60.0 Å². The molecule has 0 spiro atoms. The average Bonchev–Trinajstić information content (AvgIpc) is 3.27. The molecular weight excluding hydrogens is 541 g/mol. The highest BCUT2D eigenvalue weighted by Crippen LogP contribution is 2.30. The van der Waals surface area contributed by atoms with Gasteiger partial charge in [-0.15, -0.1) is 11.3 Å². The number of carbonyl (C=O) groups is 1. The molecule has 1 N–H and O–H groups in total. The van der Waals surface area contributed by atoms with Crippen molar-refractivity contribution in [2.45, 2.75) is 0 Å². The van der Waals surface area contributed by atoms with E-state index in [9.17, 15) is 4.79 Å². The quantitative estimate of drug-likeness (QED) is 0.243. The maximum atomic E-state index is 13.3. The molecule has 0 unspecified atom stereocenters. The van der Waals surface area contributed by atoms with E-state index >= 15 is 0 Å². The van der Waals surface area contributed by atoms with Crippen molar-refractivity contribution < 1.29 is 4.79 Å². The fourth-order valence-corrected chi connectivity index (χ4v) is 4.68. The van der Waals surface area contributed by atoms with E-state index in [0.29, 0.717) is 37.3 Å². The molecule has 0 radical (unpaired) electrons. The Morgan fingerprint density at radius 2 is 1.48 bits per heavy atom. The second-order valence-electron chi connectivity index (χ2n) is 7.22. The van der Waals surface area contributed by atoms with Gasteiger partial charge >= 0.3 is 0 Å². The Morgan fingerprint density at radius 3 is 2.24 bits per heavy atom. The third-order valence-corrected chi connectivity index (χ3v) is 6.79. The summed E-state index contributed by atoms with van der Waals surface area (Å²) in [6, 6.07) is 22.3. The van der Waals surface area contributed by atoms with Crippen molar-refractivity contribution >= 4 is 72.4 Å². The molecule has 5 aromatic rings. The third-order valence-electron chi connectivity index (χ3n) is 5.02. The molecule has 0 saturated carbocycles. The van der Waals surface area contributed by atoms with E-state index in [1.165, 1.54) is 11.3 Å². The predicted octanol–water partition coefficient (Wildman–Crippen LogP) is 8.35. The molecule has 33 heavy (non-hydrogen) atoms. The molecule has 8 heteroatoms. The van der Waals surface area contributed by atoms with Gasteiger partial charge in [0.2, 0.25) is 0 Å². The molecule has 2 aromatic heterocycles.